The van der Waals surface area contributed by atoms with Crippen LogP contribution in [0.25, 0.3) is 0 Å². The number of fused-ring (bicyclic) bond motifs is 4. The number of terminal acetylenes is 1. The van der Waals surface area contributed by atoms with Crippen molar-refractivity contribution in [3.63, 3.8) is 0 Å². The van der Waals surface area contributed by atoms with Crippen LogP contribution >= 0.6 is 47.8 Å². The molecule has 5 N–H and O–H groups in total. The highest BCUT2D eigenvalue weighted by Gasteiger charge is 2.23. The number of rotatable bonds is 10. The largest absolute Gasteiger partial charge is 0.324 e. The molecular weight excluding hydrogens is 872 g/mol. The molecule has 5 atom stereocenters. The highest BCUT2D eigenvalue weighted by Crippen LogP contribution is 2.32. The number of hydrogen-bond acceptors (Lipinski definition) is 4. The Morgan fingerprint density at radius 2 is 1.04 bits per heavy atom. The second-order valence-corrected chi connectivity index (χ2v) is 16.7. The summed E-state index contributed by atoms with van der Waals surface area (Å²) >= 11 is 10.2. The van der Waals surface area contributed by atoms with E-state index in [0.29, 0.717) is 35.5 Å². The molecule has 4 aliphatic rings. The summed E-state index contributed by atoms with van der Waals surface area (Å²) in [6.07, 6.45) is 18.5. The highest BCUT2D eigenvalue weighted by molar-refractivity contribution is 9.12. The number of hydrogen-bond donors (Lipinski definition) is 4. The average molecular weight is 932 g/mol. The van der Waals surface area contributed by atoms with Crippen LogP contribution in [-0.2, 0) is 25.7 Å². The lowest BCUT2D eigenvalue weighted by Gasteiger charge is -2.15. The summed E-state index contributed by atoms with van der Waals surface area (Å²) in [6, 6.07) is 36.4. The van der Waals surface area contributed by atoms with Crippen molar-refractivity contribution in [1.82, 2.24) is 16.0 Å². The van der Waals surface area contributed by atoms with Crippen LogP contribution in [0.15, 0.2) is 122 Å². The van der Waals surface area contributed by atoms with Gasteiger partial charge in [0.1, 0.15) is 0 Å². The zero-order chi connectivity index (χ0) is 39.3. The molecule has 0 fully saturated rings. The summed E-state index contributed by atoms with van der Waals surface area (Å²) in [6.45, 7) is 9.73. The topological polar surface area (TPSA) is 62.1 Å². The molecule has 0 radical (unpaired) electrons. The number of nitrogens with two attached hydrogens (primary N) is 1. The van der Waals surface area contributed by atoms with Crippen molar-refractivity contribution in [3.8, 4) is 12.3 Å². The van der Waals surface area contributed by atoms with Crippen LogP contribution in [0.5, 0.6) is 0 Å². The number of allylic oxidation sites excluding steroid dienone is 1. The van der Waals surface area contributed by atoms with Gasteiger partial charge in [-0.1, -0.05) is 163 Å². The minimum absolute atomic E-state index is 0.302. The van der Waals surface area contributed by atoms with E-state index < -0.39 is 0 Å². The normalized spacial score (nSPS) is 19.7. The van der Waals surface area contributed by atoms with Crippen LogP contribution in [0.1, 0.15) is 94.4 Å². The summed E-state index contributed by atoms with van der Waals surface area (Å²) in [5, 5.41) is 12.3. The van der Waals surface area contributed by atoms with Crippen LogP contribution in [0.3, 0.4) is 0 Å². The first kappa shape index (κ1) is 44.9. The fourth-order valence-electron chi connectivity index (χ4n) is 7.63. The summed E-state index contributed by atoms with van der Waals surface area (Å²) < 4.78 is 0. The second kappa shape index (κ2) is 25.5. The Balaban J connectivity index is 0.000000159. The molecule has 1 unspecified atom stereocenters. The first-order valence-corrected chi connectivity index (χ1v) is 22.8. The Morgan fingerprint density at radius 3 is 1.45 bits per heavy atom. The molecule has 4 aliphatic carbocycles. The molecule has 7 heteroatoms. The van der Waals surface area contributed by atoms with Crippen molar-refractivity contribution < 1.29 is 0 Å². The minimum Gasteiger partial charge on any atom is -0.324 e. The maximum absolute atomic E-state index is 5.85. The third-order valence-electron chi connectivity index (χ3n) is 10.4. The van der Waals surface area contributed by atoms with Crippen molar-refractivity contribution >= 4 is 47.8 Å². The maximum Gasteiger partial charge on any atom is 0.0578 e. The average Bonchev–Trinajstić information content (AvgIpc) is 4.05. The minimum atomic E-state index is 0.302. The Kier molecular flexibility index (Phi) is 20.8. The molecule has 0 heterocycles. The first-order chi connectivity index (χ1) is 26.9. The quantitative estimate of drug-likeness (QED) is 0.0727. The lowest BCUT2D eigenvalue weighted by atomic mass is 10.1. The molecule has 8 rings (SSSR count). The van der Waals surface area contributed by atoms with Gasteiger partial charge in [0.25, 0.3) is 0 Å². The molecule has 55 heavy (non-hydrogen) atoms. The van der Waals surface area contributed by atoms with Crippen LogP contribution < -0.4 is 21.7 Å². The molecule has 0 saturated carbocycles. The molecule has 0 aliphatic heterocycles. The second-order valence-electron chi connectivity index (χ2n) is 14.1. The molecule has 0 bridgehead atoms. The Labute approximate surface area is 357 Å². The number of nitrogens with one attached hydrogen (secondary N) is 3. The number of halogens is 3. The fourth-order valence-corrected chi connectivity index (χ4v) is 8.05. The van der Waals surface area contributed by atoms with Crippen molar-refractivity contribution in [2.24, 2.45) is 5.73 Å². The number of aryl methyl sites for hydroxylation is 4. The van der Waals surface area contributed by atoms with Crippen LogP contribution in [0, 0.1) is 12.3 Å². The molecule has 0 aromatic heterocycles. The van der Waals surface area contributed by atoms with Crippen molar-refractivity contribution in [1.29, 1.82) is 0 Å². The summed E-state index contributed by atoms with van der Waals surface area (Å²) in [5.74, 6) is 2.61. The predicted octanol–water partition coefficient (Wildman–Crippen LogP) is 11.0. The molecule has 4 nitrogen and oxygen atoms in total. The van der Waals surface area contributed by atoms with Gasteiger partial charge in [0, 0.05) is 52.7 Å². The maximum atomic E-state index is 5.85. The zero-order valence-electron chi connectivity index (χ0n) is 32.2. The highest BCUT2D eigenvalue weighted by atomic mass is 79.9. The van der Waals surface area contributed by atoms with Crippen LogP contribution in [0.2, 0.25) is 0 Å². The molecule has 4 aromatic carbocycles. The van der Waals surface area contributed by atoms with E-state index >= 15 is 0 Å². The van der Waals surface area contributed by atoms with Gasteiger partial charge in [0.05, 0.1) is 6.54 Å². The molecule has 0 saturated heterocycles. The Bertz CT molecular complexity index is 1780. The van der Waals surface area contributed by atoms with Crippen molar-refractivity contribution in [2.45, 2.75) is 80.4 Å². The lowest BCUT2D eigenvalue weighted by molar-refractivity contribution is 0.536. The first-order valence-electron chi connectivity index (χ1n) is 19.6. The van der Waals surface area contributed by atoms with Gasteiger partial charge in [-0.15, -0.1) is 19.6 Å². The van der Waals surface area contributed by atoms with Gasteiger partial charge in [0.2, 0.25) is 0 Å². The van der Waals surface area contributed by atoms with Gasteiger partial charge in [-0.25, -0.2) is 0 Å². The van der Waals surface area contributed by atoms with E-state index in [9.17, 15) is 0 Å². The summed E-state index contributed by atoms with van der Waals surface area (Å²) in [7, 11) is 0. The summed E-state index contributed by atoms with van der Waals surface area (Å²) in [5.41, 5.74) is 17.5. The van der Waals surface area contributed by atoms with Gasteiger partial charge in [0.15, 0.2) is 0 Å². The van der Waals surface area contributed by atoms with Crippen molar-refractivity contribution in [3.05, 3.63) is 167 Å². The number of benzene rings is 4. The number of alkyl halides is 3. The van der Waals surface area contributed by atoms with E-state index in [1.54, 1.807) is 6.08 Å². The third kappa shape index (κ3) is 14.3. The molecular formula is C48H59Br3N4. The monoisotopic (exact) mass is 928 g/mol. The Morgan fingerprint density at radius 1 is 0.636 bits per heavy atom. The molecule has 292 valence electrons. The predicted molar refractivity (Wildman–Crippen MR) is 248 cm³/mol. The van der Waals surface area contributed by atoms with Crippen LogP contribution in [-0.4, -0.2) is 35.1 Å². The van der Waals surface area contributed by atoms with Crippen molar-refractivity contribution in [2.75, 3.05) is 30.3 Å². The Hall–Kier alpha value is -2.80. The van der Waals surface area contributed by atoms with Gasteiger partial charge < -0.3 is 16.4 Å². The van der Waals surface area contributed by atoms with E-state index in [0.717, 1.165) is 36.6 Å². The van der Waals surface area contributed by atoms with Gasteiger partial charge in [-0.2, -0.15) is 0 Å². The lowest BCUT2D eigenvalue weighted by Crippen LogP contribution is -2.27. The fraction of sp³-hybridized carbons (Fsp3) is 0.375. The van der Waals surface area contributed by atoms with Crippen LogP contribution in [0.4, 0.5) is 0 Å². The van der Waals surface area contributed by atoms with Gasteiger partial charge >= 0.3 is 0 Å². The SMILES string of the molecule is BrCC(Br)CN[C@@H]1CCc2ccccc21.C#CCN[C@@H]1CCc2ccccc21.C=CCBr.C=CCN[C@@H]1CCc2ccccc21.N[C@@H]1CCc2ccccc21. The van der Waals surface area contributed by atoms with E-state index in [-0.39, 0.29) is 0 Å². The summed E-state index contributed by atoms with van der Waals surface area (Å²) in [4.78, 5) is 0.519. The smallest absolute Gasteiger partial charge is 0.0578 e. The van der Waals surface area contributed by atoms with E-state index in [4.69, 9.17) is 12.2 Å². The van der Waals surface area contributed by atoms with Gasteiger partial charge in [-0.3, -0.25) is 5.32 Å². The zero-order valence-corrected chi connectivity index (χ0v) is 36.9. The van der Waals surface area contributed by atoms with E-state index in [1.165, 1.54) is 83.0 Å². The van der Waals surface area contributed by atoms with E-state index in [2.05, 4.69) is 180 Å². The molecule has 0 spiro atoms. The standard InChI is InChI=1S/C12H15Br2N.C12H15N.C12H13N.C9H11N.C3H5Br/c13-7-10(14)8-15-12-6-5-9-3-1-2-4-11(9)12;2*1-2-9-13-12-8-7-10-5-3-4-6-11(10)12;10-9-6-5-7-3-1-2-4-8(7)9;1-2-3-4/h1-4,10,12,15H,5-8H2;2-6,12-13H,1,7-9H2;1,3-6,12-13H,7-9H2;1-4,9H,5-6,10H2;2H,1,3H2/t10?,12-;2*12-;9-;/m1111./s1. The van der Waals surface area contributed by atoms with E-state index in [1.807, 2.05) is 6.08 Å². The van der Waals surface area contributed by atoms with Gasteiger partial charge in [-0.05, 0) is 95.9 Å². The molecule has 4 aromatic rings. The molecule has 0 amide bonds. The third-order valence-corrected chi connectivity index (χ3v) is 13.2.